The van der Waals surface area contributed by atoms with Gasteiger partial charge < -0.3 is 10.1 Å². The minimum atomic E-state index is -4.38. The summed E-state index contributed by atoms with van der Waals surface area (Å²) in [5.41, 5.74) is 1.87. The number of rotatable bonds is 4. The Balaban J connectivity index is 2.04. The first-order valence-corrected chi connectivity index (χ1v) is 7.85. The van der Waals surface area contributed by atoms with E-state index in [0.29, 0.717) is 23.7 Å². The van der Waals surface area contributed by atoms with E-state index in [9.17, 15) is 13.2 Å². The molecule has 25 heavy (non-hydrogen) atoms. The Bertz CT molecular complexity index is 907. The van der Waals surface area contributed by atoms with Gasteiger partial charge in [0.1, 0.15) is 5.75 Å². The summed E-state index contributed by atoms with van der Waals surface area (Å²) < 4.78 is 44.2. The number of alkyl halides is 3. The molecule has 0 saturated carbocycles. The molecule has 0 aliphatic rings. The third-order valence-corrected chi connectivity index (χ3v) is 3.69. The molecule has 1 heterocycles. The molecule has 0 atom stereocenters. The van der Waals surface area contributed by atoms with Gasteiger partial charge in [-0.1, -0.05) is 6.07 Å². The molecule has 0 fully saturated rings. The van der Waals surface area contributed by atoms with E-state index in [1.165, 1.54) is 6.07 Å². The highest BCUT2D eigenvalue weighted by atomic mass is 19.4. The van der Waals surface area contributed by atoms with Gasteiger partial charge in [0.05, 0.1) is 17.7 Å². The van der Waals surface area contributed by atoms with Crippen LogP contribution in [0.25, 0.3) is 10.9 Å². The van der Waals surface area contributed by atoms with Gasteiger partial charge in [0.2, 0.25) is 0 Å². The van der Waals surface area contributed by atoms with Crippen molar-refractivity contribution in [2.75, 3.05) is 11.9 Å². The summed E-state index contributed by atoms with van der Waals surface area (Å²) in [7, 11) is 0. The van der Waals surface area contributed by atoms with Gasteiger partial charge in [0, 0.05) is 22.5 Å². The normalized spacial score (nSPS) is 11.6. The van der Waals surface area contributed by atoms with Gasteiger partial charge >= 0.3 is 6.18 Å². The summed E-state index contributed by atoms with van der Waals surface area (Å²) in [5, 5.41) is 3.86. The lowest BCUT2D eigenvalue weighted by Gasteiger charge is -2.14. The van der Waals surface area contributed by atoms with Gasteiger partial charge in [0.15, 0.2) is 0 Å². The molecule has 0 amide bonds. The van der Waals surface area contributed by atoms with Gasteiger partial charge in [-0.25, -0.2) is 0 Å². The molecule has 0 saturated heterocycles. The third kappa shape index (κ3) is 3.84. The van der Waals surface area contributed by atoms with Crippen LogP contribution in [0, 0.1) is 6.92 Å². The highest BCUT2D eigenvalue weighted by molar-refractivity contribution is 5.94. The molecule has 2 aromatic carbocycles. The second-order valence-electron chi connectivity index (χ2n) is 5.63. The molecular formula is C19H17F3N2O. The number of nitrogens with one attached hydrogen (secondary N) is 1. The second-order valence-corrected chi connectivity index (χ2v) is 5.63. The molecule has 1 N–H and O–H groups in total. The van der Waals surface area contributed by atoms with Gasteiger partial charge in [-0.3, -0.25) is 4.98 Å². The summed E-state index contributed by atoms with van der Waals surface area (Å²) in [5.74, 6) is 0.688. The van der Waals surface area contributed by atoms with Crippen LogP contribution in [-0.2, 0) is 6.18 Å². The molecular weight excluding hydrogens is 329 g/mol. The van der Waals surface area contributed by atoms with Crippen molar-refractivity contribution >= 4 is 22.3 Å². The van der Waals surface area contributed by atoms with E-state index in [1.54, 1.807) is 12.1 Å². The Kier molecular flexibility index (Phi) is 4.53. The Labute approximate surface area is 143 Å². The predicted molar refractivity (Wildman–Crippen MR) is 92.4 cm³/mol. The number of halogens is 3. The van der Waals surface area contributed by atoms with E-state index >= 15 is 0 Å². The monoisotopic (exact) mass is 346 g/mol. The van der Waals surface area contributed by atoms with E-state index in [0.717, 1.165) is 28.7 Å². The predicted octanol–water partition coefficient (Wildman–Crippen LogP) is 5.70. The molecule has 3 rings (SSSR count). The second kappa shape index (κ2) is 6.63. The fourth-order valence-electron chi connectivity index (χ4n) is 2.63. The van der Waals surface area contributed by atoms with E-state index in [2.05, 4.69) is 10.3 Å². The molecule has 0 aliphatic carbocycles. The molecule has 0 bridgehead atoms. The quantitative estimate of drug-likeness (QED) is 0.657. The van der Waals surface area contributed by atoms with Gasteiger partial charge in [-0.2, -0.15) is 13.2 Å². The topological polar surface area (TPSA) is 34.1 Å². The standard InChI is InChI=1S/C19H17F3N2O/c1-3-25-15-7-8-17-16(11-15)18(9-12(2)23-17)24-14-6-4-5-13(10-14)19(20,21)22/h4-11H,3H2,1-2H3,(H,23,24). The number of anilines is 2. The van der Waals surface area contributed by atoms with Crippen molar-refractivity contribution in [3.05, 3.63) is 59.8 Å². The number of hydrogen-bond acceptors (Lipinski definition) is 3. The van der Waals surface area contributed by atoms with Crippen molar-refractivity contribution in [1.82, 2.24) is 4.98 Å². The molecule has 6 heteroatoms. The van der Waals surface area contributed by atoms with Crippen molar-refractivity contribution in [1.29, 1.82) is 0 Å². The molecule has 0 spiro atoms. The maximum atomic E-state index is 12.9. The van der Waals surface area contributed by atoms with Crippen LogP contribution in [-0.4, -0.2) is 11.6 Å². The summed E-state index contributed by atoms with van der Waals surface area (Å²) in [6.45, 7) is 4.26. The van der Waals surface area contributed by atoms with E-state index in [-0.39, 0.29) is 0 Å². The fourth-order valence-corrected chi connectivity index (χ4v) is 2.63. The van der Waals surface area contributed by atoms with E-state index in [1.807, 2.05) is 32.0 Å². The summed E-state index contributed by atoms with van der Waals surface area (Å²) in [6.07, 6.45) is -4.38. The van der Waals surface area contributed by atoms with Crippen LogP contribution in [0.3, 0.4) is 0 Å². The molecule has 1 aromatic heterocycles. The zero-order valence-electron chi connectivity index (χ0n) is 13.8. The first-order chi connectivity index (χ1) is 11.9. The Hall–Kier alpha value is -2.76. The van der Waals surface area contributed by atoms with Crippen molar-refractivity contribution in [2.24, 2.45) is 0 Å². The van der Waals surface area contributed by atoms with Crippen LogP contribution in [0.4, 0.5) is 24.5 Å². The third-order valence-electron chi connectivity index (χ3n) is 3.69. The van der Waals surface area contributed by atoms with Crippen molar-refractivity contribution < 1.29 is 17.9 Å². The van der Waals surface area contributed by atoms with Crippen molar-refractivity contribution in [3.63, 3.8) is 0 Å². The number of nitrogens with zero attached hydrogens (tertiary/aromatic N) is 1. The molecule has 0 radical (unpaired) electrons. The zero-order valence-corrected chi connectivity index (χ0v) is 13.8. The van der Waals surface area contributed by atoms with Gasteiger partial charge in [0.25, 0.3) is 0 Å². The molecule has 3 aromatic rings. The van der Waals surface area contributed by atoms with Crippen molar-refractivity contribution in [2.45, 2.75) is 20.0 Å². The van der Waals surface area contributed by atoms with Crippen LogP contribution in [0.5, 0.6) is 5.75 Å². The minimum Gasteiger partial charge on any atom is -0.494 e. The number of benzene rings is 2. The first-order valence-electron chi connectivity index (χ1n) is 7.85. The molecule has 0 unspecified atom stereocenters. The van der Waals surface area contributed by atoms with Gasteiger partial charge in [-0.15, -0.1) is 0 Å². The van der Waals surface area contributed by atoms with Crippen LogP contribution < -0.4 is 10.1 Å². The highest BCUT2D eigenvalue weighted by Crippen LogP contribution is 2.33. The number of hydrogen-bond donors (Lipinski definition) is 1. The lowest BCUT2D eigenvalue weighted by molar-refractivity contribution is -0.137. The van der Waals surface area contributed by atoms with E-state index < -0.39 is 11.7 Å². The van der Waals surface area contributed by atoms with Crippen molar-refractivity contribution in [3.8, 4) is 5.75 Å². The average molecular weight is 346 g/mol. The largest absolute Gasteiger partial charge is 0.494 e. The highest BCUT2D eigenvalue weighted by Gasteiger charge is 2.30. The number of aryl methyl sites for hydroxylation is 1. The van der Waals surface area contributed by atoms with Crippen LogP contribution in [0.2, 0.25) is 0 Å². The maximum absolute atomic E-state index is 12.9. The number of aromatic nitrogens is 1. The smallest absolute Gasteiger partial charge is 0.416 e. The number of fused-ring (bicyclic) bond motifs is 1. The molecule has 0 aliphatic heterocycles. The Morgan fingerprint density at radius 3 is 2.60 bits per heavy atom. The number of ether oxygens (including phenoxy) is 1. The lowest BCUT2D eigenvalue weighted by atomic mass is 10.1. The summed E-state index contributed by atoms with van der Waals surface area (Å²) >= 11 is 0. The summed E-state index contributed by atoms with van der Waals surface area (Å²) in [4.78, 5) is 4.46. The SMILES string of the molecule is CCOc1ccc2nc(C)cc(Nc3cccc(C(F)(F)F)c3)c2c1. The number of pyridine rings is 1. The summed E-state index contributed by atoms with van der Waals surface area (Å²) in [6, 6.07) is 12.4. The minimum absolute atomic E-state index is 0.364. The zero-order chi connectivity index (χ0) is 18.0. The maximum Gasteiger partial charge on any atom is 0.416 e. The van der Waals surface area contributed by atoms with Crippen LogP contribution in [0.15, 0.2) is 48.5 Å². The lowest BCUT2D eigenvalue weighted by Crippen LogP contribution is -2.05. The first kappa shape index (κ1) is 17.1. The Morgan fingerprint density at radius 1 is 1.08 bits per heavy atom. The van der Waals surface area contributed by atoms with Crippen LogP contribution in [0.1, 0.15) is 18.2 Å². The van der Waals surface area contributed by atoms with Crippen LogP contribution >= 0.6 is 0 Å². The van der Waals surface area contributed by atoms with E-state index in [4.69, 9.17) is 4.74 Å². The van der Waals surface area contributed by atoms with Gasteiger partial charge in [-0.05, 0) is 56.3 Å². The average Bonchev–Trinajstić information content (AvgIpc) is 2.55. The Morgan fingerprint density at radius 2 is 1.88 bits per heavy atom. The fraction of sp³-hybridized carbons (Fsp3) is 0.211. The molecule has 130 valence electrons. The molecule has 3 nitrogen and oxygen atoms in total.